The Morgan fingerprint density at radius 1 is 0.889 bits per heavy atom. The molecule has 0 aliphatic heterocycles. The summed E-state index contributed by atoms with van der Waals surface area (Å²) < 4.78 is 2.19. The van der Waals surface area contributed by atoms with Gasteiger partial charge in [-0.1, -0.05) is 46.0 Å². The number of hydrogen-bond donors (Lipinski definition) is 0. The van der Waals surface area contributed by atoms with E-state index in [1.807, 2.05) is 0 Å². The minimum atomic E-state index is 0.462. The van der Waals surface area contributed by atoms with Crippen LogP contribution in [0.1, 0.15) is 70.4 Å². The second-order valence-electron chi connectivity index (χ2n) is 4.84. The summed E-state index contributed by atoms with van der Waals surface area (Å²) in [6.07, 6.45) is 10.0. The molecule has 4 heteroatoms. The topological polar surface area (TPSA) is 30.7 Å². The van der Waals surface area contributed by atoms with Gasteiger partial charge in [-0.2, -0.15) is 0 Å². The molecule has 18 heavy (non-hydrogen) atoms. The molecule has 0 spiro atoms. The zero-order chi connectivity index (χ0) is 13.2. The highest BCUT2D eigenvalue weighted by atomic mass is 35.5. The first kappa shape index (κ1) is 15.5. The third-order valence-electron chi connectivity index (χ3n) is 3.22. The van der Waals surface area contributed by atoms with E-state index in [-0.39, 0.29) is 0 Å². The number of aryl methyl sites for hydroxylation is 1. The minimum Gasteiger partial charge on any atom is -0.314 e. The number of nitrogens with zero attached hydrogens (tertiary/aromatic N) is 3. The standard InChI is InChI=1S/C14H26ClN3/c1-3-5-6-7-8-9-10-13-16-17-14(12-15)18(13)11-4-2/h3-12H2,1-2H3. The van der Waals surface area contributed by atoms with E-state index in [1.54, 1.807) is 0 Å². The molecule has 0 radical (unpaired) electrons. The van der Waals surface area contributed by atoms with Gasteiger partial charge >= 0.3 is 0 Å². The highest BCUT2D eigenvalue weighted by Crippen LogP contribution is 2.11. The number of unbranched alkanes of at least 4 members (excludes halogenated alkanes) is 5. The second kappa shape index (κ2) is 9.37. The molecule has 0 atom stereocenters. The molecule has 104 valence electrons. The van der Waals surface area contributed by atoms with Crippen molar-refractivity contribution in [1.29, 1.82) is 0 Å². The third kappa shape index (κ3) is 4.97. The van der Waals surface area contributed by atoms with Crippen LogP contribution in [0, 0.1) is 0 Å². The van der Waals surface area contributed by atoms with Crippen LogP contribution in [0.2, 0.25) is 0 Å². The smallest absolute Gasteiger partial charge is 0.147 e. The minimum absolute atomic E-state index is 0.462. The first-order valence-electron chi connectivity index (χ1n) is 7.30. The van der Waals surface area contributed by atoms with Crippen molar-refractivity contribution in [3.8, 4) is 0 Å². The van der Waals surface area contributed by atoms with Gasteiger partial charge in [-0.15, -0.1) is 21.8 Å². The summed E-state index contributed by atoms with van der Waals surface area (Å²) in [5, 5.41) is 8.43. The Balaban J connectivity index is 2.34. The van der Waals surface area contributed by atoms with Gasteiger partial charge in [0.15, 0.2) is 0 Å². The molecule has 0 amide bonds. The number of halogens is 1. The quantitative estimate of drug-likeness (QED) is 0.468. The fourth-order valence-corrected chi connectivity index (χ4v) is 2.40. The van der Waals surface area contributed by atoms with Crippen molar-refractivity contribution in [3.63, 3.8) is 0 Å². The lowest BCUT2D eigenvalue weighted by molar-refractivity contribution is 0.572. The van der Waals surface area contributed by atoms with Gasteiger partial charge in [-0.05, 0) is 12.8 Å². The monoisotopic (exact) mass is 271 g/mol. The van der Waals surface area contributed by atoms with Crippen LogP contribution >= 0.6 is 11.6 Å². The normalized spacial score (nSPS) is 11.1. The summed E-state index contributed by atoms with van der Waals surface area (Å²) in [5.74, 6) is 2.49. The van der Waals surface area contributed by atoms with E-state index in [9.17, 15) is 0 Å². The van der Waals surface area contributed by atoms with Crippen molar-refractivity contribution in [1.82, 2.24) is 14.8 Å². The van der Waals surface area contributed by atoms with E-state index in [0.717, 1.165) is 31.0 Å². The molecule has 0 fully saturated rings. The van der Waals surface area contributed by atoms with Crippen LogP contribution in [0.5, 0.6) is 0 Å². The lowest BCUT2D eigenvalue weighted by Crippen LogP contribution is -2.06. The van der Waals surface area contributed by atoms with Crippen molar-refractivity contribution < 1.29 is 0 Å². The van der Waals surface area contributed by atoms with Gasteiger partial charge in [-0.3, -0.25) is 0 Å². The number of rotatable bonds is 10. The lowest BCUT2D eigenvalue weighted by atomic mass is 10.1. The second-order valence-corrected chi connectivity index (χ2v) is 5.10. The zero-order valence-electron chi connectivity index (χ0n) is 11.8. The van der Waals surface area contributed by atoms with Gasteiger partial charge in [-0.25, -0.2) is 0 Å². The maximum Gasteiger partial charge on any atom is 0.147 e. The number of aromatic nitrogens is 3. The van der Waals surface area contributed by atoms with Crippen molar-refractivity contribution >= 4 is 11.6 Å². The summed E-state index contributed by atoms with van der Waals surface area (Å²) in [4.78, 5) is 0. The van der Waals surface area contributed by atoms with E-state index in [2.05, 4.69) is 28.6 Å². The molecule has 0 aliphatic carbocycles. The highest BCUT2D eigenvalue weighted by Gasteiger charge is 2.09. The Labute approximate surface area is 116 Å². The van der Waals surface area contributed by atoms with Crippen LogP contribution in [-0.2, 0) is 18.8 Å². The van der Waals surface area contributed by atoms with Gasteiger partial charge in [0.2, 0.25) is 0 Å². The Kier molecular flexibility index (Phi) is 8.06. The Bertz CT molecular complexity index is 323. The van der Waals surface area contributed by atoms with Crippen molar-refractivity contribution in [2.24, 2.45) is 0 Å². The van der Waals surface area contributed by atoms with Crippen molar-refractivity contribution in [3.05, 3.63) is 11.6 Å². The molecule has 3 nitrogen and oxygen atoms in total. The average Bonchev–Trinajstić information content (AvgIpc) is 2.77. The first-order valence-corrected chi connectivity index (χ1v) is 7.83. The molecule has 1 heterocycles. The zero-order valence-corrected chi connectivity index (χ0v) is 12.5. The molecule has 0 N–H and O–H groups in total. The van der Waals surface area contributed by atoms with E-state index in [1.165, 1.54) is 38.5 Å². The number of alkyl halides is 1. The van der Waals surface area contributed by atoms with Crippen LogP contribution in [-0.4, -0.2) is 14.8 Å². The van der Waals surface area contributed by atoms with E-state index in [0.29, 0.717) is 5.88 Å². The van der Waals surface area contributed by atoms with Crippen LogP contribution in [0.4, 0.5) is 0 Å². The lowest BCUT2D eigenvalue weighted by Gasteiger charge is -2.07. The summed E-state index contributed by atoms with van der Waals surface area (Å²) in [6.45, 7) is 5.41. The maximum absolute atomic E-state index is 5.88. The largest absolute Gasteiger partial charge is 0.314 e. The van der Waals surface area contributed by atoms with Crippen LogP contribution < -0.4 is 0 Å². The summed E-state index contributed by atoms with van der Waals surface area (Å²) in [6, 6.07) is 0. The Hall–Kier alpha value is -0.570. The predicted octanol–water partition coefficient (Wildman–Crippen LogP) is 4.33. The summed E-state index contributed by atoms with van der Waals surface area (Å²) in [5.41, 5.74) is 0. The molecular weight excluding hydrogens is 246 g/mol. The van der Waals surface area contributed by atoms with E-state index in [4.69, 9.17) is 11.6 Å². The van der Waals surface area contributed by atoms with Gasteiger partial charge in [0.25, 0.3) is 0 Å². The highest BCUT2D eigenvalue weighted by molar-refractivity contribution is 6.16. The summed E-state index contributed by atoms with van der Waals surface area (Å²) >= 11 is 5.88. The van der Waals surface area contributed by atoms with Crippen LogP contribution in [0.25, 0.3) is 0 Å². The van der Waals surface area contributed by atoms with E-state index >= 15 is 0 Å². The fourth-order valence-electron chi connectivity index (χ4n) is 2.20. The fraction of sp³-hybridized carbons (Fsp3) is 0.857. The molecule has 1 aromatic heterocycles. The number of hydrogen-bond acceptors (Lipinski definition) is 2. The van der Waals surface area contributed by atoms with Gasteiger partial charge in [0.05, 0.1) is 5.88 Å². The van der Waals surface area contributed by atoms with Crippen LogP contribution in [0.15, 0.2) is 0 Å². The van der Waals surface area contributed by atoms with Gasteiger partial charge in [0.1, 0.15) is 11.6 Å². The van der Waals surface area contributed by atoms with Crippen LogP contribution in [0.3, 0.4) is 0 Å². The molecule has 0 saturated carbocycles. The molecule has 0 bridgehead atoms. The first-order chi connectivity index (χ1) is 8.83. The molecular formula is C14H26ClN3. The van der Waals surface area contributed by atoms with Crippen molar-refractivity contribution in [2.75, 3.05) is 0 Å². The molecule has 0 aromatic carbocycles. The van der Waals surface area contributed by atoms with Crippen molar-refractivity contribution in [2.45, 2.75) is 77.6 Å². The Morgan fingerprint density at radius 2 is 1.56 bits per heavy atom. The molecule has 0 aliphatic rings. The molecule has 0 unspecified atom stereocenters. The molecule has 0 saturated heterocycles. The molecule has 1 rings (SSSR count). The maximum atomic E-state index is 5.88. The van der Waals surface area contributed by atoms with Gasteiger partial charge < -0.3 is 4.57 Å². The average molecular weight is 272 g/mol. The Morgan fingerprint density at radius 3 is 2.22 bits per heavy atom. The third-order valence-corrected chi connectivity index (χ3v) is 3.46. The van der Waals surface area contributed by atoms with E-state index < -0.39 is 0 Å². The van der Waals surface area contributed by atoms with Gasteiger partial charge in [0, 0.05) is 13.0 Å². The SMILES string of the molecule is CCCCCCCCc1nnc(CCl)n1CCC. The molecule has 1 aromatic rings. The predicted molar refractivity (Wildman–Crippen MR) is 77.0 cm³/mol. The summed E-state index contributed by atoms with van der Waals surface area (Å²) in [7, 11) is 0.